The summed E-state index contributed by atoms with van der Waals surface area (Å²) in [5.74, 6) is 2.27. The molecule has 32 heavy (non-hydrogen) atoms. The largest absolute Gasteiger partial charge is 0.355 e. The highest BCUT2D eigenvalue weighted by Crippen LogP contribution is 2.29. The van der Waals surface area contributed by atoms with Crippen LogP contribution in [0, 0.1) is 5.92 Å². The Morgan fingerprint density at radius 1 is 1.03 bits per heavy atom. The first-order valence-electron chi connectivity index (χ1n) is 12.0. The van der Waals surface area contributed by atoms with E-state index in [2.05, 4.69) is 55.9 Å². The first-order chi connectivity index (χ1) is 15.7. The summed E-state index contributed by atoms with van der Waals surface area (Å²) in [6, 6.07) is 8.49. The van der Waals surface area contributed by atoms with Crippen molar-refractivity contribution in [1.29, 1.82) is 0 Å². The van der Waals surface area contributed by atoms with Crippen LogP contribution >= 0.6 is 0 Å². The first-order valence-corrected chi connectivity index (χ1v) is 12.0. The van der Waals surface area contributed by atoms with Crippen molar-refractivity contribution in [2.24, 2.45) is 5.92 Å². The molecule has 7 nitrogen and oxygen atoms in total. The molecule has 2 aliphatic rings. The van der Waals surface area contributed by atoms with E-state index in [1.165, 1.54) is 24.8 Å². The Labute approximate surface area is 189 Å². The number of carbonyl (C=O) groups is 1. The molecule has 0 spiro atoms. The minimum Gasteiger partial charge on any atom is -0.355 e. The standard InChI is InChI=1S/C25H32N6O/c1-2-18-7-9-19(10-8-18)16-26-25(32)20-11-14-30(15-12-20)23-22-24(28-17-27-23)31-13-5-3-4-6-21(31)29-22/h7-10,17,20H,2-6,11-16H2,1H3,(H,26,32). The van der Waals surface area contributed by atoms with Crippen molar-refractivity contribution in [3.63, 3.8) is 0 Å². The molecule has 0 unspecified atom stereocenters. The lowest BCUT2D eigenvalue weighted by Gasteiger charge is -2.32. The van der Waals surface area contributed by atoms with Crippen LogP contribution in [0.4, 0.5) is 5.82 Å². The van der Waals surface area contributed by atoms with Crippen molar-refractivity contribution in [1.82, 2.24) is 24.8 Å². The monoisotopic (exact) mass is 432 g/mol. The first kappa shape index (κ1) is 20.9. The number of hydrogen-bond donors (Lipinski definition) is 1. The molecule has 0 atom stereocenters. The number of carbonyl (C=O) groups excluding carboxylic acids is 1. The topological polar surface area (TPSA) is 75.9 Å². The number of nitrogens with zero attached hydrogens (tertiary/aromatic N) is 5. The molecular formula is C25H32N6O. The van der Waals surface area contributed by atoms with Gasteiger partial charge in [0.05, 0.1) is 0 Å². The third-order valence-corrected chi connectivity index (χ3v) is 6.94. The third-order valence-electron chi connectivity index (χ3n) is 6.94. The number of hydrogen-bond acceptors (Lipinski definition) is 5. The predicted molar refractivity (Wildman–Crippen MR) is 125 cm³/mol. The van der Waals surface area contributed by atoms with Gasteiger partial charge in [0.25, 0.3) is 0 Å². The van der Waals surface area contributed by atoms with Crippen LogP contribution in [-0.4, -0.2) is 38.5 Å². The zero-order valence-electron chi connectivity index (χ0n) is 18.9. The zero-order valence-corrected chi connectivity index (χ0v) is 18.9. The lowest BCUT2D eigenvalue weighted by atomic mass is 9.95. The summed E-state index contributed by atoms with van der Waals surface area (Å²) in [4.78, 5) is 29.1. The molecule has 1 amide bonds. The minimum atomic E-state index is 0.0530. The highest BCUT2D eigenvalue weighted by atomic mass is 16.1. The minimum absolute atomic E-state index is 0.0530. The van der Waals surface area contributed by atoms with E-state index in [4.69, 9.17) is 4.98 Å². The van der Waals surface area contributed by atoms with Gasteiger partial charge in [0.15, 0.2) is 17.0 Å². The summed E-state index contributed by atoms with van der Waals surface area (Å²) in [5.41, 5.74) is 4.35. The summed E-state index contributed by atoms with van der Waals surface area (Å²) in [6.07, 6.45) is 9.00. The van der Waals surface area contributed by atoms with Gasteiger partial charge in [-0.05, 0) is 43.2 Å². The van der Waals surface area contributed by atoms with Crippen LogP contribution in [0.1, 0.15) is 56.0 Å². The molecule has 1 saturated heterocycles. The smallest absolute Gasteiger partial charge is 0.223 e. The Hall–Kier alpha value is -2.96. The Kier molecular flexibility index (Phi) is 6.06. The van der Waals surface area contributed by atoms with Gasteiger partial charge in [-0.25, -0.2) is 15.0 Å². The number of nitrogens with one attached hydrogen (secondary N) is 1. The van der Waals surface area contributed by atoms with E-state index in [0.29, 0.717) is 6.54 Å². The molecular weight excluding hydrogens is 400 g/mol. The van der Waals surface area contributed by atoms with Crippen LogP contribution in [0.25, 0.3) is 11.2 Å². The van der Waals surface area contributed by atoms with Crippen LogP contribution in [0.2, 0.25) is 0 Å². The quantitative estimate of drug-likeness (QED) is 0.666. The lowest BCUT2D eigenvalue weighted by molar-refractivity contribution is -0.125. The molecule has 1 N–H and O–H groups in total. The lowest BCUT2D eigenvalue weighted by Crippen LogP contribution is -2.40. The van der Waals surface area contributed by atoms with Gasteiger partial charge >= 0.3 is 0 Å². The number of imidazole rings is 1. The molecule has 4 heterocycles. The van der Waals surface area contributed by atoms with Crippen LogP contribution in [0.15, 0.2) is 30.6 Å². The molecule has 0 saturated carbocycles. The molecule has 0 bridgehead atoms. The summed E-state index contributed by atoms with van der Waals surface area (Å²) in [7, 11) is 0. The SMILES string of the molecule is CCc1ccc(CNC(=O)C2CCN(c3ncnc4c3nc3n4CCCCC3)CC2)cc1. The van der Waals surface area contributed by atoms with Crippen LogP contribution in [-0.2, 0) is 30.7 Å². The van der Waals surface area contributed by atoms with E-state index < -0.39 is 0 Å². The Balaban J connectivity index is 1.22. The maximum absolute atomic E-state index is 12.7. The van der Waals surface area contributed by atoms with Gasteiger partial charge in [-0.15, -0.1) is 0 Å². The summed E-state index contributed by atoms with van der Waals surface area (Å²) < 4.78 is 2.28. The summed E-state index contributed by atoms with van der Waals surface area (Å²) >= 11 is 0. The number of anilines is 1. The van der Waals surface area contributed by atoms with Crippen molar-refractivity contribution >= 4 is 22.9 Å². The fraction of sp³-hybridized carbons (Fsp3) is 0.520. The molecule has 0 aliphatic carbocycles. The van der Waals surface area contributed by atoms with E-state index >= 15 is 0 Å². The number of piperidine rings is 1. The average molecular weight is 433 g/mol. The zero-order chi connectivity index (χ0) is 21.9. The molecule has 3 aromatic rings. The van der Waals surface area contributed by atoms with Crippen molar-refractivity contribution in [3.05, 3.63) is 47.5 Å². The van der Waals surface area contributed by atoms with Crippen LogP contribution in [0.5, 0.6) is 0 Å². The van der Waals surface area contributed by atoms with E-state index in [1.807, 2.05) is 0 Å². The van der Waals surface area contributed by atoms with Gasteiger partial charge in [-0.1, -0.05) is 37.6 Å². The van der Waals surface area contributed by atoms with Gasteiger partial charge in [0, 0.05) is 38.5 Å². The molecule has 5 rings (SSSR count). The van der Waals surface area contributed by atoms with Gasteiger partial charge in [0.2, 0.25) is 5.91 Å². The Morgan fingerprint density at radius 3 is 2.59 bits per heavy atom. The van der Waals surface area contributed by atoms with Gasteiger partial charge < -0.3 is 14.8 Å². The second kappa shape index (κ2) is 9.27. The van der Waals surface area contributed by atoms with Crippen molar-refractivity contribution in [2.75, 3.05) is 18.0 Å². The number of fused-ring (bicyclic) bond motifs is 3. The maximum Gasteiger partial charge on any atom is 0.223 e. The molecule has 168 valence electrons. The molecule has 1 aromatic carbocycles. The van der Waals surface area contributed by atoms with Crippen molar-refractivity contribution < 1.29 is 4.79 Å². The molecule has 0 radical (unpaired) electrons. The van der Waals surface area contributed by atoms with E-state index in [1.54, 1.807) is 6.33 Å². The second-order valence-electron chi connectivity index (χ2n) is 9.01. The number of aryl methyl sites for hydroxylation is 3. The molecule has 7 heteroatoms. The number of aromatic nitrogens is 4. The Morgan fingerprint density at radius 2 is 1.81 bits per heavy atom. The fourth-order valence-corrected chi connectivity index (χ4v) is 4.94. The summed E-state index contributed by atoms with van der Waals surface area (Å²) in [5, 5.41) is 3.13. The van der Waals surface area contributed by atoms with Crippen molar-refractivity contribution in [3.8, 4) is 0 Å². The predicted octanol–water partition coefficient (Wildman–Crippen LogP) is 3.65. The fourth-order valence-electron chi connectivity index (χ4n) is 4.94. The number of benzene rings is 1. The molecule has 1 fully saturated rings. The normalized spacial score (nSPS) is 17.2. The van der Waals surface area contributed by atoms with Gasteiger partial charge in [-0.3, -0.25) is 4.79 Å². The van der Waals surface area contributed by atoms with Gasteiger partial charge in [-0.2, -0.15) is 0 Å². The number of rotatable bonds is 5. The second-order valence-corrected chi connectivity index (χ2v) is 9.01. The van der Waals surface area contributed by atoms with Crippen LogP contribution < -0.4 is 10.2 Å². The van der Waals surface area contributed by atoms with Crippen LogP contribution in [0.3, 0.4) is 0 Å². The highest BCUT2D eigenvalue weighted by Gasteiger charge is 2.28. The maximum atomic E-state index is 12.7. The van der Waals surface area contributed by atoms with E-state index in [-0.39, 0.29) is 11.8 Å². The van der Waals surface area contributed by atoms with E-state index in [9.17, 15) is 4.79 Å². The van der Waals surface area contributed by atoms with Gasteiger partial charge in [0.1, 0.15) is 12.2 Å². The summed E-state index contributed by atoms with van der Waals surface area (Å²) in [6.45, 7) is 5.37. The van der Waals surface area contributed by atoms with Crippen molar-refractivity contribution in [2.45, 2.75) is 65.0 Å². The molecule has 2 aromatic heterocycles. The molecule has 2 aliphatic heterocycles. The highest BCUT2D eigenvalue weighted by molar-refractivity contribution is 5.84. The Bertz CT molecular complexity index is 1080. The third kappa shape index (κ3) is 4.20. The number of amides is 1. The van der Waals surface area contributed by atoms with E-state index in [0.717, 1.165) is 73.7 Å². The average Bonchev–Trinajstić information content (AvgIpc) is 3.03.